The van der Waals surface area contributed by atoms with Crippen LogP contribution in [0.3, 0.4) is 0 Å². The molecule has 7 heteroatoms. The Morgan fingerprint density at radius 3 is 2.39 bits per heavy atom. The van der Waals surface area contributed by atoms with E-state index in [-0.39, 0.29) is 11.9 Å². The fraction of sp³-hybridized carbons (Fsp3) is 0.207. The molecular formula is C29H29N5O2. The van der Waals surface area contributed by atoms with Crippen LogP contribution in [0.1, 0.15) is 34.8 Å². The Balaban J connectivity index is 1.51. The molecule has 0 aliphatic rings. The van der Waals surface area contributed by atoms with Gasteiger partial charge >= 0.3 is 0 Å². The predicted octanol–water partition coefficient (Wildman–Crippen LogP) is 4.97. The first-order valence-electron chi connectivity index (χ1n) is 12.1. The standard InChI is InChI=1S/C29H29N5O2/c1-19(16-17-20-10-4-3-5-11-20)31-29(35)25-26-28(33-23-14-8-7-13-22(23)32-26)34(27(25)30)18-21-12-6-9-15-24(21)36-2/h3-15,19H,16-18,30H2,1-2H3,(H,31,35)/t19-/m0/s1. The normalized spacial score (nSPS) is 12.1. The van der Waals surface area contributed by atoms with Crippen LogP contribution < -0.4 is 15.8 Å². The minimum Gasteiger partial charge on any atom is -0.496 e. The Kier molecular flexibility index (Phi) is 6.54. The van der Waals surface area contributed by atoms with Crippen LogP contribution >= 0.6 is 0 Å². The Labute approximate surface area is 209 Å². The van der Waals surface area contributed by atoms with E-state index in [0.29, 0.717) is 34.6 Å². The van der Waals surface area contributed by atoms with Gasteiger partial charge in [0, 0.05) is 11.6 Å². The number of rotatable bonds is 8. The van der Waals surface area contributed by atoms with Crippen LogP contribution in [0.25, 0.3) is 22.2 Å². The molecule has 0 saturated heterocycles. The zero-order valence-electron chi connectivity index (χ0n) is 20.4. The van der Waals surface area contributed by atoms with Crippen molar-refractivity contribution in [2.75, 3.05) is 12.8 Å². The highest BCUT2D eigenvalue weighted by Gasteiger charge is 2.25. The Hall–Kier alpha value is -4.39. The topological polar surface area (TPSA) is 95.1 Å². The summed E-state index contributed by atoms with van der Waals surface area (Å²) in [6, 6.07) is 25.6. The maximum absolute atomic E-state index is 13.5. The van der Waals surface area contributed by atoms with E-state index in [4.69, 9.17) is 20.4 Å². The van der Waals surface area contributed by atoms with Crippen LogP contribution in [0.5, 0.6) is 5.75 Å². The SMILES string of the molecule is COc1ccccc1Cn1c(N)c(C(=O)N[C@@H](C)CCc2ccccc2)c2nc3ccccc3nc21. The van der Waals surface area contributed by atoms with Crippen molar-refractivity contribution >= 4 is 33.9 Å². The second kappa shape index (κ2) is 10.1. The molecule has 2 aromatic heterocycles. The summed E-state index contributed by atoms with van der Waals surface area (Å²) < 4.78 is 7.38. The summed E-state index contributed by atoms with van der Waals surface area (Å²) in [7, 11) is 1.64. The van der Waals surface area contributed by atoms with Gasteiger partial charge in [0.05, 0.1) is 24.7 Å². The van der Waals surface area contributed by atoms with E-state index in [1.165, 1.54) is 5.56 Å². The first-order valence-corrected chi connectivity index (χ1v) is 12.1. The van der Waals surface area contributed by atoms with Crippen molar-refractivity contribution in [3.8, 4) is 5.75 Å². The van der Waals surface area contributed by atoms with Crippen molar-refractivity contribution in [3.63, 3.8) is 0 Å². The smallest absolute Gasteiger partial charge is 0.257 e. The van der Waals surface area contributed by atoms with Crippen LogP contribution in [0.2, 0.25) is 0 Å². The molecule has 0 unspecified atom stereocenters. The lowest BCUT2D eigenvalue weighted by molar-refractivity contribution is 0.0940. The molecule has 0 saturated carbocycles. The van der Waals surface area contributed by atoms with Gasteiger partial charge in [0.15, 0.2) is 5.65 Å². The highest BCUT2D eigenvalue weighted by Crippen LogP contribution is 2.30. The van der Waals surface area contributed by atoms with Crippen molar-refractivity contribution in [3.05, 3.63) is 95.6 Å². The molecule has 3 N–H and O–H groups in total. The molecule has 36 heavy (non-hydrogen) atoms. The van der Waals surface area contributed by atoms with Crippen LogP contribution in [0, 0.1) is 0 Å². The molecule has 1 amide bonds. The van der Waals surface area contributed by atoms with Gasteiger partial charge in [0.25, 0.3) is 5.91 Å². The van der Waals surface area contributed by atoms with Gasteiger partial charge in [-0.2, -0.15) is 0 Å². The molecule has 7 nitrogen and oxygen atoms in total. The van der Waals surface area contributed by atoms with E-state index in [0.717, 1.165) is 29.7 Å². The lowest BCUT2D eigenvalue weighted by Crippen LogP contribution is -2.33. The Morgan fingerprint density at radius 2 is 1.64 bits per heavy atom. The summed E-state index contributed by atoms with van der Waals surface area (Å²) in [4.78, 5) is 23.2. The maximum atomic E-state index is 13.5. The van der Waals surface area contributed by atoms with E-state index in [1.54, 1.807) is 7.11 Å². The molecule has 0 spiro atoms. The number of anilines is 1. The number of amides is 1. The third-order valence-corrected chi connectivity index (χ3v) is 6.43. The number of aromatic nitrogens is 3. The molecule has 1 atom stereocenters. The fourth-order valence-corrected chi connectivity index (χ4v) is 4.50. The molecule has 5 rings (SSSR count). The highest BCUT2D eigenvalue weighted by atomic mass is 16.5. The van der Waals surface area contributed by atoms with Crippen molar-refractivity contribution < 1.29 is 9.53 Å². The number of fused-ring (bicyclic) bond motifs is 2. The number of carbonyl (C=O) groups is 1. The number of hydrogen-bond acceptors (Lipinski definition) is 5. The molecule has 5 aromatic rings. The number of nitrogens with one attached hydrogen (secondary N) is 1. The molecule has 0 aliphatic heterocycles. The first kappa shape index (κ1) is 23.4. The third-order valence-electron chi connectivity index (χ3n) is 6.43. The van der Waals surface area contributed by atoms with Crippen LogP contribution in [0.4, 0.5) is 5.82 Å². The first-order chi connectivity index (χ1) is 17.5. The largest absolute Gasteiger partial charge is 0.496 e. The lowest BCUT2D eigenvalue weighted by atomic mass is 10.1. The van der Waals surface area contributed by atoms with E-state index < -0.39 is 0 Å². The average Bonchev–Trinajstić information content (AvgIpc) is 3.17. The van der Waals surface area contributed by atoms with Gasteiger partial charge in [-0.15, -0.1) is 0 Å². The number of hydrogen-bond donors (Lipinski definition) is 2. The molecule has 0 fully saturated rings. The van der Waals surface area contributed by atoms with Crippen molar-refractivity contribution in [2.24, 2.45) is 0 Å². The zero-order valence-corrected chi connectivity index (χ0v) is 20.4. The van der Waals surface area contributed by atoms with Gasteiger partial charge in [-0.05, 0) is 43.5 Å². The van der Waals surface area contributed by atoms with Gasteiger partial charge < -0.3 is 20.4 Å². The number of nitrogens with two attached hydrogens (primary N) is 1. The molecule has 3 aromatic carbocycles. The summed E-state index contributed by atoms with van der Waals surface area (Å²) in [5.41, 5.74) is 11.7. The highest BCUT2D eigenvalue weighted by molar-refractivity contribution is 6.10. The van der Waals surface area contributed by atoms with Gasteiger partial charge in [0.1, 0.15) is 22.6 Å². The number of nitrogen functional groups attached to an aromatic ring is 1. The minimum absolute atomic E-state index is 0.0434. The van der Waals surface area contributed by atoms with Gasteiger partial charge in [-0.25, -0.2) is 9.97 Å². The summed E-state index contributed by atoms with van der Waals surface area (Å²) in [6.45, 7) is 2.41. The molecule has 0 aliphatic carbocycles. The molecule has 0 bridgehead atoms. The van der Waals surface area contributed by atoms with Gasteiger partial charge in [-0.3, -0.25) is 4.79 Å². The Bertz CT molecular complexity index is 1530. The molecule has 0 radical (unpaired) electrons. The van der Waals surface area contributed by atoms with E-state index in [1.807, 2.05) is 78.2 Å². The van der Waals surface area contributed by atoms with E-state index >= 15 is 0 Å². The number of aryl methyl sites for hydroxylation is 1. The molecule has 182 valence electrons. The van der Waals surface area contributed by atoms with Gasteiger partial charge in [-0.1, -0.05) is 60.7 Å². The number of methoxy groups -OCH3 is 1. The second-order valence-electron chi connectivity index (χ2n) is 8.94. The Morgan fingerprint density at radius 1 is 0.972 bits per heavy atom. The molecular weight excluding hydrogens is 450 g/mol. The van der Waals surface area contributed by atoms with E-state index in [2.05, 4.69) is 17.4 Å². The van der Waals surface area contributed by atoms with Crippen molar-refractivity contribution in [1.29, 1.82) is 0 Å². The lowest BCUT2D eigenvalue weighted by Gasteiger charge is -2.14. The van der Waals surface area contributed by atoms with Crippen LogP contribution in [0.15, 0.2) is 78.9 Å². The summed E-state index contributed by atoms with van der Waals surface area (Å²) in [5.74, 6) is 0.827. The molecule has 2 heterocycles. The number of benzene rings is 3. The van der Waals surface area contributed by atoms with Crippen LogP contribution in [-0.2, 0) is 13.0 Å². The summed E-state index contributed by atoms with van der Waals surface area (Å²) in [5, 5.41) is 3.12. The summed E-state index contributed by atoms with van der Waals surface area (Å²) in [6.07, 6.45) is 1.68. The zero-order chi connectivity index (χ0) is 25.1. The summed E-state index contributed by atoms with van der Waals surface area (Å²) >= 11 is 0. The third kappa shape index (κ3) is 4.60. The number of para-hydroxylation sites is 3. The average molecular weight is 480 g/mol. The fourth-order valence-electron chi connectivity index (χ4n) is 4.50. The monoisotopic (exact) mass is 479 g/mol. The number of carbonyl (C=O) groups excluding carboxylic acids is 1. The minimum atomic E-state index is -0.249. The quantitative estimate of drug-likeness (QED) is 0.327. The predicted molar refractivity (Wildman–Crippen MR) is 143 cm³/mol. The van der Waals surface area contributed by atoms with Crippen LogP contribution in [-0.4, -0.2) is 33.6 Å². The van der Waals surface area contributed by atoms with Crippen molar-refractivity contribution in [2.45, 2.75) is 32.4 Å². The van der Waals surface area contributed by atoms with Gasteiger partial charge in [0.2, 0.25) is 0 Å². The second-order valence-corrected chi connectivity index (χ2v) is 8.94. The van der Waals surface area contributed by atoms with E-state index in [9.17, 15) is 4.79 Å². The van der Waals surface area contributed by atoms with Crippen molar-refractivity contribution in [1.82, 2.24) is 19.9 Å². The maximum Gasteiger partial charge on any atom is 0.257 e. The number of nitrogens with zero attached hydrogens (tertiary/aromatic N) is 3. The number of ether oxygens (including phenoxy) is 1.